The molecule has 4 heteroatoms. The SMILES string of the molecule is c1ccc(N2C3CCCC4C5CCNCC5C(CC43)N(c3ccccc3)C3CCCC4C5CCNCC5C2CC43)cc1. The second kappa shape index (κ2) is 10.8. The van der Waals surface area contributed by atoms with E-state index in [1.165, 1.54) is 102 Å². The molecule has 3 aliphatic heterocycles. The van der Waals surface area contributed by atoms with Crippen LogP contribution in [0.1, 0.15) is 64.2 Å². The largest absolute Gasteiger partial charge is 0.365 e. The van der Waals surface area contributed by atoms with Gasteiger partial charge in [-0.2, -0.15) is 0 Å². The van der Waals surface area contributed by atoms with Gasteiger partial charge in [0.25, 0.3) is 0 Å². The molecule has 3 saturated heterocycles. The van der Waals surface area contributed by atoms with Gasteiger partial charge in [-0.25, -0.2) is 0 Å². The van der Waals surface area contributed by atoms with Crippen LogP contribution in [0.5, 0.6) is 0 Å². The molecule has 3 heterocycles. The number of hydrogen-bond donors (Lipinski definition) is 2. The summed E-state index contributed by atoms with van der Waals surface area (Å²) in [4.78, 5) is 6.25. The smallest absolute Gasteiger partial charge is 0.0371 e. The van der Waals surface area contributed by atoms with E-state index < -0.39 is 0 Å². The van der Waals surface area contributed by atoms with E-state index in [0.29, 0.717) is 24.2 Å². The van der Waals surface area contributed by atoms with E-state index in [-0.39, 0.29) is 0 Å². The van der Waals surface area contributed by atoms with Gasteiger partial charge in [0, 0.05) is 48.6 Å². The van der Waals surface area contributed by atoms with Crippen LogP contribution >= 0.6 is 0 Å². The van der Waals surface area contributed by atoms with E-state index in [0.717, 1.165) is 47.3 Å². The first-order chi connectivity index (χ1) is 20.9. The molecule has 4 saturated carbocycles. The molecule has 0 aromatic heterocycles. The van der Waals surface area contributed by atoms with Crippen LogP contribution in [0.2, 0.25) is 0 Å². The number of benzene rings is 2. The summed E-state index contributed by atoms with van der Waals surface area (Å²) in [6.07, 6.45) is 14.1. The summed E-state index contributed by atoms with van der Waals surface area (Å²) in [5.41, 5.74) is 3.07. The Morgan fingerprint density at radius 3 is 1.31 bits per heavy atom. The summed E-state index contributed by atoms with van der Waals surface area (Å²) < 4.78 is 0. The minimum Gasteiger partial charge on any atom is -0.365 e. The van der Waals surface area contributed by atoms with Crippen molar-refractivity contribution in [2.24, 2.45) is 47.3 Å². The van der Waals surface area contributed by atoms with Crippen molar-refractivity contribution in [3.05, 3.63) is 60.7 Å². The number of anilines is 2. The maximum Gasteiger partial charge on any atom is 0.0371 e. The highest BCUT2D eigenvalue weighted by atomic mass is 15.3. The van der Waals surface area contributed by atoms with Gasteiger partial charge in [-0.1, -0.05) is 49.2 Å². The molecule has 8 bridgehead atoms. The molecular weight excluding hydrogens is 512 g/mol. The Morgan fingerprint density at radius 1 is 0.429 bits per heavy atom. The Morgan fingerprint density at radius 2 is 0.857 bits per heavy atom. The second-order valence-electron chi connectivity index (χ2n) is 15.4. The predicted octanol–water partition coefficient (Wildman–Crippen LogP) is 6.58. The monoisotopic (exact) mass is 564 g/mol. The van der Waals surface area contributed by atoms with E-state index >= 15 is 0 Å². The van der Waals surface area contributed by atoms with Crippen molar-refractivity contribution in [3.8, 4) is 0 Å². The van der Waals surface area contributed by atoms with Crippen molar-refractivity contribution in [1.82, 2.24) is 10.6 Å². The van der Waals surface area contributed by atoms with E-state index in [9.17, 15) is 0 Å². The van der Waals surface area contributed by atoms with Gasteiger partial charge in [0.2, 0.25) is 0 Å². The van der Waals surface area contributed by atoms with Crippen LogP contribution in [-0.4, -0.2) is 50.3 Å². The standard InChI is InChI=1S/C38H52N4/c1-3-9-25(10-4-1)41-35-15-7-13-27-30-18-20-40-24-34(30)38(22-31(27)35)42(26-11-5-2-6-12-26)36-16-8-14-28-29-17-19-39-23-33(29)37(41)21-32(28)36/h1-6,9-12,27-40H,7-8,13-24H2. The van der Waals surface area contributed by atoms with Gasteiger partial charge in [-0.05, 0) is 136 Å². The number of nitrogens with zero attached hydrogens (tertiary/aromatic N) is 2. The minimum absolute atomic E-state index is 0.663. The molecule has 12 atom stereocenters. The summed E-state index contributed by atoms with van der Waals surface area (Å²) in [5.74, 6) is 6.74. The van der Waals surface area contributed by atoms with Gasteiger partial charge < -0.3 is 20.4 Å². The Bertz CT molecular complexity index is 1120. The fraction of sp³-hybridized carbons (Fsp3) is 0.684. The number of piperidine rings is 2. The Balaban J connectivity index is 1.25. The van der Waals surface area contributed by atoms with Crippen molar-refractivity contribution in [2.45, 2.75) is 88.4 Å². The third kappa shape index (κ3) is 4.14. The molecule has 4 aliphatic carbocycles. The highest BCUT2D eigenvalue weighted by molar-refractivity contribution is 5.52. The zero-order chi connectivity index (χ0) is 27.6. The zero-order valence-electron chi connectivity index (χ0n) is 25.5. The van der Waals surface area contributed by atoms with Gasteiger partial charge >= 0.3 is 0 Å². The lowest BCUT2D eigenvalue weighted by molar-refractivity contribution is -0.0368. The van der Waals surface area contributed by atoms with E-state index in [1.807, 2.05) is 0 Å². The summed E-state index contributed by atoms with van der Waals surface area (Å²) in [6, 6.07) is 26.4. The van der Waals surface area contributed by atoms with E-state index in [2.05, 4.69) is 81.1 Å². The first-order valence-electron chi connectivity index (χ1n) is 17.9. The zero-order valence-corrected chi connectivity index (χ0v) is 25.5. The van der Waals surface area contributed by atoms with Crippen LogP contribution in [0.15, 0.2) is 60.7 Å². The molecule has 7 fully saturated rings. The summed E-state index contributed by atoms with van der Waals surface area (Å²) in [5, 5.41) is 7.85. The van der Waals surface area contributed by atoms with E-state index in [4.69, 9.17) is 0 Å². The Labute approximate surface area is 254 Å². The maximum absolute atomic E-state index is 3.92. The number of nitrogens with one attached hydrogen (secondary N) is 2. The fourth-order valence-corrected chi connectivity index (χ4v) is 12.7. The molecular formula is C38H52N4. The molecule has 2 aromatic rings. The first-order valence-corrected chi connectivity index (χ1v) is 17.9. The van der Waals surface area contributed by atoms with Crippen LogP contribution in [0.4, 0.5) is 11.4 Å². The molecule has 2 aromatic carbocycles. The fourth-order valence-electron chi connectivity index (χ4n) is 12.7. The van der Waals surface area contributed by atoms with Crippen LogP contribution in [0.25, 0.3) is 0 Å². The topological polar surface area (TPSA) is 30.5 Å². The molecule has 42 heavy (non-hydrogen) atoms. The molecule has 7 aliphatic rings. The van der Waals surface area contributed by atoms with Crippen molar-refractivity contribution in [3.63, 3.8) is 0 Å². The van der Waals surface area contributed by atoms with Crippen LogP contribution in [0.3, 0.4) is 0 Å². The van der Waals surface area contributed by atoms with Crippen LogP contribution in [-0.2, 0) is 0 Å². The normalized spacial score (nSPS) is 44.5. The average Bonchev–Trinajstić information content (AvgIpc) is 3.06. The van der Waals surface area contributed by atoms with Crippen LogP contribution in [0, 0.1) is 47.3 Å². The molecule has 0 spiro atoms. The van der Waals surface area contributed by atoms with Gasteiger partial charge in [0.15, 0.2) is 0 Å². The molecule has 9 rings (SSSR count). The lowest BCUT2D eigenvalue weighted by Gasteiger charge is -2.65. The number of para-hydroxylation sites is 2. The number of hydrogen-bond acceptors (Lipinski definition) is 4. The second-order valence-corrected chi connectivity index (χ2v) is 15.4. The Hall–Kier alpha value is -2.04. The van der Waals surface area contributed by atoms with Crippen molar-refractivity contribution >= 4 is 11.4 Å². The molecule has 0 radical (unpaired) electrons. The van der Waals surface area contributed by atoms with Crippen molar-refractivity contribution in [2.75, 3.05) is 36.0 Å². The van der Waals surface area contributed by atoms with Gasteiger partial charge in [0.1, 0.15) is 0 Å². The quantitative estimate of drug-likeness (QED) is 0.432. The van der Waals surface area contributed by atoms with Crippen LogP contribution < -0.4 is 20.4 Å². The summed E-state index contributed by atoms with van der Waals surface area (Å²) in [6.45, 7) is 4.91. The number of rotatable bonds is 2. The highest BCUT2D eigenvalue weighted by Gasteiger charge is 2.58. The van der Waals surface area contributed by atoms with Gasteiger partial charge in [-0.3, -0.25) is 0 Å². The first kappa shape index (κ1) is 26.4. The summed E-state index contributed by atoms with van der Waals surface area (Å²) in [7, 11) is 0. The van der Waals surface area contributed by atoms with Crippen molar-refractivity contribution in [1.29, 1.82) is 0 Å². The lowest BCUT2D eigenvalue weighted by Crippen LogP contribution is -2.69. The summed E-state index contributed by atoms with van der Waals surface area (Å²) >= 11 is 0. The average molecular weight is 565 g/mol. The van der Waals surface area contributed by atoms with Gasteiger partial charge in [-0.15, -0.1) is 0 Å². The highest BCUT2D eigenvalue weighted by Crippen LogP contribution is 2.58. The molecule has 12 unspecified atom stereocenters. The predicted molar refractivity (Wildman–Crippen MR) is 173 cm³/mol. The molecule has 4 nitrogen and oxygen atoms in total. The van der Waals surface area contributed by atoms with E-state index in [1.54, 1.807) is 0 Å². The third-order valence-corrected chi connectivity index (χ3v) is 14.0. The maximum atomic E-state index is 3.92. The Kier molecular flexibility index (Phi) is 6.81. The lowest BCUT2D eigenvalue weighted by atomic mass is 9.52. The minimum atomic E-state index is 0.663. The van der Waals surface area contributed by atoms with Crippen molar-refractivity contribution < 1.29 is 0 Å². The molecule has 0 amide bonds. The van der Waals surface area contributed by atoms with Gasteiger partial charge in [0.05, 0.1) is 0 Å². The molecule has 224 valence electrons. The third-order valence-electron chi connectivity index (χ3n) is 14.0. The molecule has 2 N–H and O–H groups in total.